The molecule has 0 spiro atoms. The largest absolute Gasteiger partial charge is 0.508 e. The van der Waals surface area contributed by atoms with Crippen molar-refractivity contribution in [3.05, 3.63) is 97.9 Å². The van der Waals surface area contributed by atoms with Crippen molar-refractivity contribution >= 4 is 63.8 Å². The molecule has 3 fully saturated rings. The third-order valence-corrected chi connectivity index (χ3v) is 12.4. The highest BCUT2D eigenvalue weighted by Gasteiger charge is 2.69. The molecular weight excluding hydrogens is 634 g/mol. The fourth-order valence-corrected chi connectivity index (χ4v) is 10.9. The lowest BCUT2D eigenvalue weighted by Crippen LogP contribution is -2.42. The second-order valence-corrected chi connectivity index (χ2v) is 14.5. The van der Waals surface area contributed by atoms with Crippen LogP contribution in [0.15, 0.2) is 82.6 Å². The van der Waals surface area contributed by atoms with Crippen molar-refractivity contribution in [3.8, 4) is 11.5 Å². The highest BCUT2D eigenvalue weighted by molar-refractivity contribution is 8.00. The van der Waals surface area contributed by atoms with E-state index >= 15 is 0 Å². The average molecular weight is 660 g/mol. The van der Waals surface area contributed by atoms with Gasteiger partial charge in [-0.2, -0.15) is 0 Å². The number of H-pyrrole nitrogens is 1. The number of fused-ring (bicyclic) bond motifs is 9. The number of hydrogen-bond donors (Lipinski definition) is 3. The van der Waals surface area contributed by atoms with Crippen molar-refractivity contribution in [3.63, 3.8) is 0 Å². The summed E-state index contributed by atoms with van der Waals surface area (Å²) in [6.07, 6.45) is 0.802. The number of nitrogens with zero attached hydrogens (tertiary/aromatic N) is 1. The van der Waals surface area contributed by atoms with E-state index in [1.807, 2.05) is 24.3 Å². The maximum atomic E-state index is 13.9. The average Bonchev–Trinajstić information content (AvgIpc) is 3.77. The van der Waals surface area contributed by atoms with Crippen molar-refractivity contribution in [2.24, 2.45) is 29.6 Å². The van der Waals surface area contributed by atoms with Crippen LogP contribution in [0.3, 0.4) is 0 Å². The number of phenolic OH excluding ortho intramolecular Hbond substituents is 1. The molecule has 2 bridgehead atoms. The van der Waals surface area contributed by atoms with Crippen LogP contribution in [0.1, 0.15) is 22.8 Å². The normalized spacial score (nSPS) is 27.7. The fraction of sp³-hybridized carbons (Fsp3) is 0.273. The number of aromatic nitrogens is 1. The van der Waals surface area contributed by atoms with E-state index in [-0.39, 0.29) is 69.8 Å². The number of thioether (sulfide) groups is 1. The first-order chi connectivity index (χ1) is 21.8. The molecule has 4 aromatic rings. The van der Waals surface area contributed by atoms with E-state index in [4.69, 9.17) is 16.3 Å². The molecule has 2 aliphatic carbocycles. The number of halogens is 1. The first kappa shape index (κ1) is 28.4. The van der Waals surface area contributed by atoms with Gasteiger partial charge in [-0.1, -0.05) is 35.1 Å². The van der Waals surface area contributed by atoms with Gasteiger partial charge in [0.2, 0.25) is 11.8 Å². The van der Waals surface area contributed by atoms with Crippen molar-refractivity contribution in [1.29, 1.82) is 0 Å². The van der Waals surface area contributed by atoms with Gasteiger partial charge in [-0.25, -0.2) is 0 Å². The molecule has 7 atom stereocenters. The zero-order chi connectivity index (χ0) is 31.0. The minimum Gasteiger partial charge on any atom is -0.508 e. The molecule has 228 valence electrons. The van der Waals surface area contributed by atoms with Gasteiger partial charge in [0.1, 0.15) is 11.5 Å². The molecule has 9 nitrogen and oxygen atoms in total. The van der Waals surface area contributed by atoms with Gasteiger partial charge >= 0.3 is 4.87 Å². The topological polar surface area (TPSA) is 129 Å². The molecule has 3 N–H and O–H groups in total. The van der Waals surface area contributed by atoms with Gasteiger partial charge in [0.05, 0.1) is 22.5 Å². The number of benzene rings is 3. The lowest BCUT2D eigenvalue weighted by molar-refractivity contribution is -0.123. The molecule has 45 heavy (non-hydrogen) atoms. The Hall–Kier alpha value is -4.06. The van der Waals surface area contributed by atoms with Gasteiger partial charge in [-0.3, -0.25) is 24.1 Å². The number of hydrogen-bond acceptors (Lipinski definition) is 8. The number of amides is 3. The van der Waals surface area contributed by atoms with Crippen LogP contribution in [0.25, 0.3) is 0 Å². The summed E-state index contributed by atoms with van der Waals surface area (Å²) in [7, 11) is 0. The van der Waals surface area contributed by atoms with Crippen LogP contribution in [0.5, 0.6) is 11.5 Å². The summed E-state index contributed by atoms with van der Waals surface area (Å²) in [4.78, 5) is 57.8. The van der Waals surface area contributed by atoms with Gasteiger partial charge < -0.3 is 20.1 Å². The summed E-state index contributed by atoms with van der Waals surface area (Å²) < 4.78 is 5.74. The molecule has 0 radical (unpaired) electrons. The molecule has 4 unspecified atom stereocenters. The summed E-state index contributed by atoms with van der Waals surface area (Å²) in [6.45, 7) is -0.193. The molecule has 1 saturated heterocycles. The first-order valence-electron chi connectivity index (χ1n) is 14.6. The van der Waals surface area contributed by atoms with Crippen molar-refractivity contribution in [2.75, 3.05) is 16.8 Å². The maximum absolute atomic E-state index is 13.9. The number of carbonyl (C=O) groups is 3. The van der Waals surface area contributed by atoms with E-state index < -0.39 is 5.92 Å². The number of aromatic amines is 1. The Kier molecular flexibility index (Phi) is 6.81. The molecular formula is C33H26ClN3O6S2. The molecule has 2 saturated carbocycles. The summed E-state index contributed by atoms with van der Waals surface area (Å²) >= 11 is 8.93. The van der Waals surface area contributed by atoms with Gasteiger partial charge in [-0.05, 0) is 90.4 Å². The number of nitrogens with one attached hydrogen (secondary N) is 2. The summed E-state index contributed by atoms with van der Waals surface area (Å²) in [5.41, 5.74) is 2.10. The molecule has 12 heteroatoms. The lowest BCUT2D eigenvalue weighted by atomic mass is 9.68. The Balaban J connectivity index is 1.05. The van der Waals surface area contributed by atoms with E-state index in [0.29, 0.717) is 22.1 Å². The van der Waals surface area contributed by atoms with Crippen molar-refractivity contribution < 1.29 is 24.2 Å². The zero-order valence-corrected chi connectivity index (χ0v) is 25.9. The van der Waals surface area contributed by atoms with Crippen LogP contribution in [0.4, 0.5) is 11.4 Å². The van der Waals surface area contributed by atoms with Crippen molar-refractivity contribution in [1.82, 2.24) is 4.98 Å². The monoisotopic (exact) mass is 659 g/mol. The van der Waals surface area contributed by atoms with Gasteiger partial charge in [0.25, 0.3) is 5.91 Å². The van der Waals surface area contributed by atoms with Crippen LogP contribution in [0, 0.1) is 29.6 Å². The van der Waals surface area contributed by atoms with E-state index in [1.54, 1.807) is 48.2 Å². The van der Waals surface area contributed by atoms with Crippen LogP contribution in [0.2, 0.25) is 5.02 Å². The summed E-state index contributed by atoms with van der Waals surface area (Å²) in [5.74, 6) is -0.780. The standard InChI is InChI=1S/C33H26ClN3O6S2/c34-16-3-7-18(8-4-16)37-31(40)26-21-13-22(27(26)32(37)41)28-25(21)24(29-30(44-28)36-33(42)45-29)15-1-11-20(12-2-15)43-14-23(39)35-17-5-9-19(38)10-6-17/h1-12,21-22,24-28,38H,13-14H2,(H,35,39)(H,36,42)/t21-,22-,24-,25?,26?,27?,28?/m1/s1. The predicted molar refractivity (Wildman–Crippen MR) is 171 cm³/mol. The zero-order valence-electron chi connectivity index (χ0n) is 23.5. The van der Waals surface area contributed by atoms with Gasteiger partial charge in [0, 0.05) is 26.8 Å². The minimum absolute atomic E-state index is 0.00104. The third kappa shape index (κ3) is 4.67. The smallest absolute Gasteiger partial charge is 0.305 e. The first-order valence-corrected chi connectivity index (χ1v) is 16.7. The highest BCUT2D eigenvalue weighted by Crippen LogP contribution is 2.68. The second kappa shape index (κ2) is 10.8. The lowest BCUT2D eigenvalue weighted by Gasteiger charge is -2.43. The van der Waals surface area contributed by atoms with Gasteiger partial charge in [0.15, 0.2) is 6.61 Å². The Bertz CT molecular complexity index is 1890. The number of rotatable bonds is 6. The van der Waals surface area contributed by atoms with E-state index in [0.717, 1.165) is 21.9 Å². The number of imide groups is 1. The van der Waals surface area contributed by atoms with Crippen LogP contribution >= 0.6 is 34.7 Å². The van der Waals surface area contributed by atoms with Crippen LogP contribution in [-0.2, 0) is 14.4 Å². The Morgan fingerprint density at radius 2 is 1.64 bits per heavy atom. The Labute approximate surface area is 270 Å². The molecule has 1 aromatic heterocycles. The number of carbonyl (C=O) groups excluding carboxylic acids is 3. The third-order valence-electron chi connectivity index (χ3n) is 9.57. The molecule has 4 aliphatic rings. The number of ether oxygens (including phenoxy) is 1. The van der Waals surface area contributed by atoms with Crippen LogP contribution in [-0.4, -0.2) is 39.7 Å². The molecule has 2 aliphatic heterocycles. The van der Waals surface area contributed by atoms with E-state index in [9.17, 15) is 24.3 Å². The molecule has 3 amide bonds. The summed E-state index contributed by atoms with van der Waals surface area (Å²) in [6, 6.07) is 20.6. The number of aromatic hydroxyl groups is 1. The fourth-order valence-electron chi connectivity index (χ4n) is 7.90. The van der Waals surface area contributed by atoms with Crippen molar-refractivity contribution in [2.45, 2.75) is 22.6 Å². The number of thiazole rings is 1. The Morgan fingerprint density at radius 1 is 0.956 bits per heavy atom. The minimum atomic E-state index is -0.394. The van der Waals surface area contributed by atoms with Crippen LogP contribution < -0.4 is 19.8 Å². The maximum Gasteiger partial charge on any atom is 0.305 e. The number of phenols is 1. The SMILES string of the molecule is O=C(COc1ccc([C@H]2c3sc(=O)[nH]c3SC3C2[C@H]2C[C@@H]3C3C(=O)N(c4ccc(Cl)cc4)C(=O)C32)cc1)Nc1ccc(O)cc1. The highest BCUT2D eigenvalue weighted by atomic mass is 35.5. The van der Waals surface area contributed by atoms with Gasteiger partial charge in [-0.15, -0.1) is 11.8 Å². The van der Waals surface area contributed by atoms with E-state index in [2.05, 4.69) is 10.3 Å². The second-order valence-electron chi connectivity index (χ2n) is 11.9. The summed E-state index contributed by atoms with van der Waals surface area (Å²) in [5, 5.41) is 13.6. The number of anilines is 2. The van der Waals surface area contributed by atoms with E-state index in [1.165, 1.54) is 28.4 Å². The molecule has 3 heterocycles. The predicted octanol–water partition coefficient (Wildman–Crippen LogP) is 5.49. The molecule has 8 rings (SSSR count). The quantitative estimate of drug-likeness (QED) is 0.184. The Morgan fingerprint density at radius 3 is 2.36 bits per heavy atom. The molecule has 3 aromatic carbocycles.